The molecular weight excluding hydrogens is 192 g/mol. The number of hydrogen-bond acceptors (Lipinski definition) is 1. The Bertz CT molecular complexity index is 285. The molecule has 2 nitrogen and oxygen atoms in total. The zero-order valence-electron chi connectivity index (χ0n) is 8.36. The Morgan fingerprint density at radius 2 is 2.07 bits per heavy atom. The third-order valence-electron chi connectivity index (χ3n) is 2.25. The molecule has 0 radical (unpaired) electrons. The van der Waals surface area contributed by atoms with E-state index < -0.39 is 0 Å². The number of nitrogens with two attached hydrogens (primary N) is 1. The van der Waals surface area contributed by atoms with Crippen molar-refractivity contribution in [3.05, 3.63) is 35.9 Å². The van der Waals surface area contributed by atoms with Crippen molar-refractivity contribution in [2.24, 2.45) is 5.73 Å². The summed E-state index contributed by atoms with van der Waals surface area (Å²) < 4.78 is 0. The second-order valence-electron chi connectivity index (χ2n) is 3.39. The third kappa shape index (κ3) is 3.75. The summed E-state index contributed by atoms with van der Waals surface area (Å²) in [7, 11) is 0. The minimum Gasteiger partial charge on any atom is -0.376 e. The largest absolute Gasteiger partial charge is 0.376 e. The Balaban J connectivity index is 2.36. The van der Waals surface area contributed by atoms with Gasteiger partial charge in [-0.2, -0.15) is 0 Å². The third-order valence-corrected chi connectivity index (χ3v) is 2.39. The fraction of sp³-hybridized carbons (Fsp3) is 0.364. The highest BCUT2D eigenvalue weighted by atomic mass is 32.1. The lowest BCUT2D eigenvalue weighted by atomic mass is 9.98. The van der Waals surface area contributed by atoms with Crippen molar-refractivity contribution in [1.82, 2.24) is 5.32 Å². The molecule has 76 valence electrons. The van der Waals surface area contributed by atoms with Crippen molar-refractivity contribution < 1.29 is 0 Å². The Morgan fingerprint density at radius 1 is 1.43 bits per heavy atom. The molecule has 0 amide bonds. The van der Waals surface area contributed by atoms with Crippen LogP contribution in [0.3, 0.4) is 0 Å². The molecule has 1 aromatic carbocycles. The van der Waals surface area contributed by atoms with Crippen molar-refractivity contribution >= 4 is 17.3 Å². The fourth-order valence-corrected chi connectivity index (χ4v) is 1.46. The van der Waals surface area contributed by atoms with Crippen LogP contribution in [0.1, 0.15) is 24.8 Å². The molecule has 0 aromatic heterocycles. The molecule has 0 aliphatic rings. The SMILES string of the molecule is CC(CCNC(N)=S)c1ccccc1. The van der Waals surface area contributed by atoms with Crippen LogP contribution in [0.15, 0.2) is 30.3 Å². The molecule has 0 saturated carbocycles. The van der Waals surface area contributed by atoms with Crippen molar-refractivity contribution in [3.8, 4) is 0 Å². The number of thiocarbonyl (C=S) groups is 1. The van der Waals surface area contributed by atoms with Crippen LogP contribution in [-0.4, -0.2) is 11.7 Å². The zero-order valence-corrected chi connectivity index (χ0v) is 9.18. The van der Waals surface area contributed by atoms with Crippen LogP contribution in [-0.2, 0) is 0 Å². The van der Waals surface area contributed by atoms with Gasteiger partial charge in [-0.25, -0.2) is 0 Å². The van der Waals surface area contributed by atoms with Crippen LogP contribution in [0.25, 0.3) is 0 Å². The molecule has 0 saturated heterocycles. The van der Waals surface area contributed by atoms with Gasteiger partial charge in [-0.15, -0.1) is 0 Å². The summed E-state index contributed by atoms with van der Waals surface area (Å²) in [6.45, 7) is 3.04. The first-order valence-electron chi connectivity index (χ1n) is 4.78. The van der Waals surface area contributed by atoms with Crippen molar-refractivity contribution in [1.29, 1.82) is 0 Å². The average Bonchev–Trinajstić information content (AvgIpc) is 2.18. The molecule has 1 aromatic rings. The molecule has 0 aliphatic heterocycles. The van der Waals surface area contributed by atoms with E-state index in [0.29, 0.717) is 11.0 Å². The molecule has 0 fully saturated rings. The van der Waals surface area contributed by atoms with E-state index in [1.165, 1.54) is 5.56 Å². The average molecular weight is 208 g/mol. The highest BCUT2D eigenvalue weighted by Gasteiger charge is 2.03. The van der Waals surface area contributed by atoms with E-state index in [0.717, 1.165) is 13.0 Å². The molecule has 0 bridgehead atoms. The van der Waals surface area contributed by atoms with E-state index >= 15 is 0 Å². The van der Waals surface area contributed by atoms with E-state index in [1.807, 2.05) is 6.07 Å². The Kier molecular flexibility index (Phi) is 4.40. The zero-order chi connectivity index (χ0) is 10.4. The van der Waals surface area contributed by atoms with Gasteiger partial charge in [-0.1, -0.05) is 37.3 Å². The van der Waals surface area contributed by atoms with Crippen LogP contribution in [0.2, 0.25) is 0 Å². The Morgan fingerprint density at radius 3 is 2.64 bits per heavy atom. The van der Waals surface area contributed by atoms with E-state index in [-0.39, 0.29) is 0 Å². The number of hydrogen-bond donors (Lipinski definition) is 2. The van der Waals surface area contributed by atoms with Gasteiger partial charge in [-0.05, 0) is 30.1 Å². The normalized spacial score (nSPS) is 12.1. The lowest BCUT2D eigenvalue weighted by molar-refractivity contribution is 0.662. The van der Waals surface area contributed by atoms with Gasteiger partial charge in [0.2, 0.25) is 0 Å². The van der Waals surface area contributed by atoms with E-state index in [9.17, 15) is 0 Å². The Labute approximate surface area is 90.5 Å². The lowest BCUT2D eigenvalue weighted by Crippen LogP contribution is -2.30. The summed E-state index contributed by atoms with van der Waals surface area (Å²) in [5, 5.41) is 3.34. The quantitative estimate of drug-likeness (QED) is 0.743. The van der Waals surface area contributed by atoms with E-state index in [4.69, 9.17) is 18.0 Å². The molecule has 1 rings (SSSR count). The second kappa shape index (κ2) is 5.60. The highest BCUT2D eigenvalue weighted by molar-refractivity contribution is 7.80. The summed E-state index contributed by atoms with van der Waals surface area (Å²) in [4.78, 5) is 0. The summed E-state index contributed by atoms with van der Waals surface area (Å²) >= 11 is 4.73. The van der Waals surface area contributed by atoms with Crippen molar-refractivity contribution in [3.63, 3.8) is 0 Å². The highest BCUT2D eigenvalue weighted by Crippen LogP contribution is 2.17. The molecule has 1 atom stereocenters. The number of benzene rings is 1. The number of nitrogens with one attached hydrogen (secondary N) is 1. The first-order chi connectivity index (χ1) is 6.70. The smallest absolute Gasteiger partial charge is 0.163 e. The van der Waals surface area contributed by atoms with Gasteiger partial charge >= 0.3 is 0 Å². The second-order valence-corrected chi connectivity index (χ2v) is 3.83. The van der Waals surface area contributed by atoms with Crippen molar-refractivity contribution in [2.75, 3.05) is 6.54 Å². The summed E-state index contributed by atoms with van der Waals surface area (Å²) in [5.74, 6) is 0.540. The van der Waals surface area contributed by atoms with Crippen LogP contribution in [0, 0.1) is 0 Å². The topological polar surface area (TPSA) is 38.0 Å². The van der Waals surface area contributed by atoms with Gasteiger partial charge < -0.3 is 11.1 Å². The Hall–Kier alpha value is -1.09. The predicted octanol–water partition coefficient (Wildman–Crippen LogP) is 2.01. The van der Waals surface area contributed by atoms with Gasteiger partial charge in [0.15, 0.2) is 5.11 Å². The lowest BCUT2D eigenvalue weighted by Gasteiger charge is -2.11. The first-order valence-corrected chi connectivity index (χ1v) is 5.19. The molecule has 0 aliphatic carbocycles. The van der Waals surface area contributed by atoms with E-state index in [2.05, 4.69) is 36.5 Å². The maximum absolute atomic E-state index is 5.34. The van der Waals surface area contributed by atoms with E-state index in [1.54, 1.807) is 0 Å². The summed E-state index contributed by atoms with van der Waals surface area (Å²) in [6.07, 6.45) is 1.04. The van der Waals surface area contributed by atoms with Gasteiger partial charge in [0.25, 0.3) is 0 Å². The summed E-state index contributed by atoms with van der Waals surface area (Å²) in [6, 6.07) is 10.4. The monoisotopic (exact) mass is 208 g/mol. The van der Waals surface area contributed by atoms with Gasteiger partial charge in [0.1, 0.15) is 0 Å². The van der Waals surface area contributed by atoms with Gasteiger partial charge in [0.05, 0.1) is 0 Å². The van der Waals surface area contributed by atoms with Gasteiger partial charge in [-0.3, -0.25) is 0 Å². The molecule has 0 spiro atoms. The first kappa shape index (κ1) is 11.0. The molecule has 14 heavy (non-hydrogen) atoms. The molecular formula is C11H16N2S. The summed E-state index contributed by atoms with van der Waals surface area (Å²) in [5.41, 5.74) is 6.70. The standard InChI is InChI=1S/C11H16N2S/c1-9(7-8-13-11(12)14)10-5-3-2-4-6-10/h2-6,9H,7-8H2,1H3,(H3,12,13,14). The van der Waals surface area contributed by atoms with Crippen molar-refractivity contribution in [2.45, 2.75) is 19.3 Å². The van der Waals surface area contributed by atoms with Crippen LogP contribution in [0.5, 0.6) is 0 Å². The fourth-order valence-electron chi connectivity index (χ4n) is 1.36. The molecule has 3 heteroatoms. The molecule has 0 heterocycles. The van der Waals surface area contributed by atoms with Crippen LogP contribution in [0.4, 0.5) is 0 Å². The predicted molar refractivity (Wildman–Crippen MR) is 64.3 cm³/mol. The minimum absolute atomic E-state index is 0.380. The molecule has 3 N–H and O–H groups in total. The van der Waals surface area contributed by atoms with Crippen LogP contribution < -0.4 is 11.1 Å². The maximum Gasteiger partial charge on any atom is 0.163 e. The van der Waals surface area contributed by atoms with Crippen LogP contribution >= 0.6 is 12.2 Å². The number of rotatable bonds is 4. The maximum atomic E-state index is 5.34. The van der Waals surface area contributed by atoms with Gasteiger partial charge in [0, 0.05) is 6.54 Å². The minimum atomic E-state index is 0.380. The molecule has 1 unspecified atom stereocenters.